The van der Waals surface area contributed by atoms with E-state index in [1.165, 1.54) is 17.3 Å². The monoisotopic (exact) mass is 361 g/mol. The molecule has 0 radical (unpaired) electrons. The van der Waals surface area contributed by atoms with Crippen molar-refractivity contribution < 1.29 is 9.21 Å². The summed E-state index contributed by atoms with van der Waals surface area (Å²) in [6, 6.07) is 14.1. The maximum Gasteiger partial charge on any atom is 0.266 e. The van der Waals surface area contributed by atoms with Crippen molar-refractivity contribution in [3.8, 4) is 0 Å². The van der Waals surface area contributed by atoms with Crippen LogP contribution in [0.1, 0.15) is 18.2 Å². The van der Waals surface area contributed by atoms with Gasteiger partial charge in [-0.15, -0.1) is 0 Å². The van der Waals surface area contributed by atoms with Crippen LogP contribution in [0.5, 0.6) is 0 Å². The van der Waals surface area contributed by atoms with Gasteiger partial charge in [0.25, 0.3) is 5.91 Å². The predicted molar refractivity (Wildman–Crippen MR) is 100 cm³/mol. The molecule has 3 rings (SSSR count). The van der Waals surface area contributed by atoms with Gasteiger partial charge in [-0.2, -0.15) is 0 Å². The van der Waals surface area contributed by atoms with E-state index in [-0.39, 0.29) is 5.91 Å². The quantitative estimate of drug-likeness (QED) is 0.434. The first kappa shape index (κ1) is 16.4. The fraction of sp³-hybridized carbons (Fsp3) is 0.176. The van der Waals surface area contributed by atoms with Crippen LogP contribution in [-0.2, 0) is 10.5 Å². The van der Waals surface area contributed by atoms with Crippen LogP contribution < -0.4 is 0 Å². The minimum Gasteiger partial charge on any atom is -0.450 e. The molecular weight excluding hydrogens is 346 g/mol. The second-order valence-electron chi connectivity index (χ2n) is 4.86. The minimum absolute atomic E-state index is 0.0441. The van der Waals surface area contributed by atoms with E-state index in [2.05, 4.69) is 12.1 Å². The number of thiocarbonyl (C=S) groups is 1. The van der Waals surface area contributed by atoms with Gasteiger partial charge in [-0.1, -0.05) is 66.1 Å². The Labute approximate surface area is 149 Å². The van der Waals surface area contributed by atoms with Crippen molar-refractivity contribution >= 4 is 52.0 Å². The fourth-order valence-electron chi connectivity index (χ4n) is 2.12. The number of carbonyl (C=O) groups is 1. The van der Waals surface area contributed by atoms with Crippen molar-refractivity contribution in [1.82, 2.24) is 4.90 Å². The van der Waals surface area contributed by atoms with E-state index in [4.69, 9.17) is 16.6 Å². The largest absolute Gasteiger partial charge is 0.450 e. The summed E-state index contributed by atoms with van der Waals surface area (Å²) in [6.45, 7) is 2.51. The first-order valence-electron chi connectivity index (χ1n) is 7.19. The third-order valence-corrected chi connectivity index (χ3v) is 5.65. The van der Waals surface area contributed by atoms with Crippen LogP contribution in [0.2, 0.25) is 0 Å². The lowest BCUT2D eigenvalue weighted by molar-refractivity contribution is -0.121. The van der Waals surface area contributed by atoms with Crippen molar-refractivity contribution in [2.45, 2.75) is 17.8 Å². The molecule has 0 unspecified atom stereocenters. The van der Waals surface area contributed by atoms with Crippen molar-refractivity contribution in [2.24, 2.45) is 0 Å². The van der Waals surface area contributed by atoms with Gasteiger partial charge < -0.3 is 4.42 Å². The van der Waals surface area contributed by atoms with Gasteiger partial charge in [0.1, 0.15) is 10.1 Å². The number of carbonyl (C=O) groups excluding carboxylic acids is 1. The number of benzene rings is 1. The molecule has 2 aromatic rings. The third kappa shape index (κ3) is 3.88. The zero-order chi connectivity index (χ0) is 16.2. The fourth-order valence-corrected chi connectivity index (χ4v) is 4.31. The lowest BCUT2D eigenvalue weighted by Gasteiger charge is -2.09. The maximum atomic E-state index is 12.2. The van der Waals surface area contributed by atoms with Gasteiger partial charge in [-0.3, -0.25) is 9.69 Å². The average Bonchev–Trinajstić information content (AvgIpc) is 3.11. The molecule has 0 saturated carbocycles. The van der Waals surface area contributed by atoms with Crippen molar-refractivity contribution in [2.75, 3.05) is 6.54 Å². The predicted octanol–water partition coefficient (Wildman–Crippen LogP) is 4.79. The Morgan fingerprint density at radius 3 is 2.74 bits per heavy atom. The number of thioether (sulfide) groups is 2. The van der Waals surface area contributed by atoms with Crippen LogP contribution in [0, 0.1) is 0 Å². The van der Waals surface area contributed by atoms with Crippen LogP contribution in [0.4, 0.5) is 0 Å². The highest BCUT2D eigenvalue weighted by Gasteiger charge is 2.30. The molecule has 1 aliphatic heterocycles. The minimum atomic E-state index is -0.0441. The summed E-state index contributed by atoms with van der Waals surface area (Å²) in [5.41, 5.74) is 1.25. The SMILES string of the molecule is CCN1C(=O)C(=Cc2ccc(SCc3ccccc3)o2)SC1=S. The molecule has 6 heteroatoms. The standard InChI is InChI=1S/C17H15NO2S3/c1-2-18-16(19)14(23-17(18)21)10-13-8-9-15(20-13)22-11-12-6-4-3-5-7-12/h3-10H,2,11H2,1H3. The van der Waals surface area contributed by atoms with Crippen molar-refractivity contribution in [3.05, 3.63) is 58.7 Å². The highest BCUT2D eigenvalue weighted by atomic mass is 32.2. The maximum absolute atomic E-state index is 12.2. The number of amides is 1. The number of hydrogen-bond donors (Lipinski definition) is 0. The molecular formula is C17H15NO2S3. The summed E-state index contributed by atoms with van der Waals surface area (Å²) in [5, 5.41) is 0.839. The smallest absolute Gasteiger partial charge is 0.266 e. The van der Waals surface area contributed by atoms with Gasteiger partial charge in [0, 0.05) is 18.4 Å². The molecule has 1 fully saturated rings. The first-order chi connectivity index (χ1) is 11.2. The second kappa shape index (κ2) is 7.38. The highest BCUT2D eigenvalue weighted by molar-refractivity contribution is 8.26. The van der Waals surface area contributed by atoms with Crippen LogP contribution in [0.15, 0.2) is 56.9 Å². The van der Waals surface area contributed by atoms with Gasteiger partial charge in [0.15, 0.2) is 5.09 Å². The summed E-state index contributed by atoms with van der Waals surface area (Å²) in [7, 11) is 0. The van der Waals surface area contributed by atoms with Crippen molar-refractivity contribution in [3.63, 3.8) is 0 Å². The van der Waals surface area contributed by atoms with E-state index >= 15 is 0 Å². The molecule has 118 valence electrons. The zero-order valence-electron chi connectivity index (χ0n) is 12.5. The third-order valence-electron chi connectivity index (χ3n) is 3.29. The zero-order valence-corrected chi connectivity index (χ0v) is 15.0. The summed E-state index contributed by atoms with van der Waals surface area (Å²) in [6.07, 6.45) is 1.77. The molecule has 0 bridgehead atoms. The number of hydrogen-bond acceptors (Lipinski definition) is 5. The summed E-state index contributed by atoms with van der Waals surface area (Å²) < 4.78 is 6.38. The molecule has 1 aromatic carbocycles. The molecule has 0 atom stereocenters. The van der Waals surface area contributed by atoms with E-state index in [9.17, 15) is 4.79 Å². The number of likely N-dealkylation sites (N-methyl/N-ethyl adjacent to an activating group) is 1. The molecule has 1 saturated heterocycles. The van der Waals surface area contributed by atoms with E-state index in [0.717, 1.165) is 10.8 Å². The number of rotatable bonds is 5. The Kier molecular flexibility index (Phi) is 5.25. The number of nitrogens with zero attached hydrogens (tertiary/aromatic N) is 1. The Bertz CT molecular complexity index is 752. The lowest BCUT2D eigenvalue weighted by atomic mass is 10.2. The summed E-state index contributed by atoms with van der Waals surface area (Å²) in [4.78, 5) is 14.4. The van der Waals surface area contributed by atoms with Crippen LogP contribution in [-0.4, -0.2) is 21.7 Å². The Morgan fingerprint density at radius 2 is 2.04 bits per heavy atom. The molecule has 3 nitrogen and oxygen atoms in total. The Balaban J connectivity index is 1.67. The van der Waals surface area contributed by atoms with Crippen LogP contribution in [0.3, 0.4) is 0 Å². The van der Waals surface area contributed by atoms with Gasteiger partial charge >= 0.3 is 0 Å². The Morgan fingerprint density at radius 1 is 1.26 bits per heavy atom. The second-order valence-corrected chi connectivity index (χ2v) is 7.51. The molecule has 1 amide bonds. The van der Waals surface area contributed by atoms with E-state index in [1.54, 1.807) is 22.7 Å². The van der Waals surface area contributed by atoms with Crippen LogP contribution >= 0.6 is 35.7 Å². The van der Waals surface area contributed by atoms with Gasteiger partial charge in [-0.25, -0.2) is 0 Å². The van der Waals surface area contributed by atoms with E-state index < -0.39 is 0 Å². The first-order valence-corrected chi connectivity index (χ1v) is 9.40. The lowest BCUT2D eigenvalue weighted by Crippen LogP contribution is -2.27. The molecule has 23 heavy (non-hydrogen) atoms. The average molecular weight is 362 g/mol. The van der Waals surface area contributed by atoms with Gasteiger partial charge in [0.2, 0.25) is 0 Å². The van der Waals surface area contributed by atoms with E-state index in [1.807, 2.05) is 37.3 Å². The van der Waals surface area contributed by atoms with Crippen LogP contribution in [0.25, 0.3) is 6.08 Å². The van der Waals surface area contributed by atoms with Gasteiger partial charge in [-0.05, 0) is 24.6 Å². The van der Waals surface area contributed by atoms with E-state index in [0.29, 0.717) is 21.5 Å². The summed E-state index contributed by atoms with van der Waals surface area (Å²) >= 11 is 8.16. The number of furan rings is 1. The molecule has 1 aliphatic rings. The molecule has 1 aromatic heterocycles. The molecule has 0 spiro atoms. The normalized spacial score (nSPS) is 16.6. The topological polar surface area (TPSA) is 33.5 Å². The molecule has 0 N–H and O–H groups in total. The highest BCUT2D eigenvalue weighted by Crippen LogP contribution is 2.33. The molecule has 0 aliphatic carbocycles. The molecule has 2 heterocycles. The van der Waals surface area contributed by atoms with Crippen molar-refractivity contribution in [1.29, 1.82) is 0 Å². The van der Waals surface area contributed by atoms with Gasteiger partial charge in [0.05, 0.1) is 4.91 Å². The Hall–Kier alpha value is -1.50. The summed E-state index contributed by atoms with van der Waals surface area (Å²) in [5.74, 6) is 1.49.